The van der Waals surface area contributed by atoms with Crippen LogP contribution in [0.15, 0.2) is 24.3 Å². The van der Waals surface area contributed by atoms with Gasteiger partial charge in [0.15, 0.2) is 0 Å². The van der Waals surface area contributed by atoms with Crippen molar-refractivity contribution in [3.63, 3.8) is 0 Å². The van der Waals surface area contributed by atoms with Crippen LogP contribution in [0.2, 0.25) is 0 Å². The SMILES string of the molecule is CCN1CCCC(CN)(Nc2ccc(F)cc2)CC1. The molecule has 106 valence electrons. The van der Waals surface area contributed by atoms with E-state index in [1.807, 2.05) is 0 Å². The van der Waals surface area contributed by atoms with Gasteiger partial charge in [-0.2, -0.15) is 0 Å². The van der Waals surface area contributed by atoms with Crippen molar-refractivity contribution in [3.05, 3.63) is 30.1 Å². The van der Waals surface area contributed by atoms with Crippen molar-refractivity contribution in [2.24, 2.45) is 5.73 Å². The maximum atomic E-state index is 12.9. The second-order valence-corrected chi connectivity index (χ2v) is 5.40. The molecule has 19 heavy (non-hydrogen) atoms. The lowest BCUT2D eigenvalue weighted by atomic mass is 9.90. The topological polar surface area (TPSA) is 41.3 Å². The molecule has 0 amide bonds. The van der Waals surface area contributed by atoms with E-state index in [0.717, 1.165) is 44.6 Å². The average molecular weight is 265 g/mol. The number of anilines is 1. The van der Waals surface area contributed by atoms with E-state index < -0.39 is 0 Å². The number of rotatable bonds is 4. The highest BCUT2D eigenvalue weighted by molar-refractivity contribution is 5.45. The molecule has 2 rings (SSSR count). The summed E-state index contributed by atoms with van der Waals surface area (Å²) in [4.78, 5) is 2.46. The second-order valence-electron chi connectivity index (χ2n) is 5.40. The van der Waals surface area contributed by atoms with E-state index in [-0.39, 0.29) is 11.4 Å². The summed E-state index contributed by atoms with van der Waals surface area (Å²) in [6.45, 7) is 6.12. The Morgan fingerprint density at radius 2 is 2.00 bits per heavy atom. The zero-order valence-electron chi connectivity index (χ0n) is 11.7. The fourth-order valence-electron chi connectivity index (χ4n) is 2.79. The van der Waals surface area contributed by atoms with Crippen molar-refractivity contribution in [3.8, 4) is 0 Å². The van der Waals surface area contributed by atoms with Crippen molar-refractivity contribution < 1.29 is 4.39 Å². The van der Waals surface area contributed by atoms with Crippen LogP contribution in [0.1, 0.15) is 26.2 Å². The highest BCUT2D eigenvalue weighted by Crippen LogP contribution is 2.26. The van der Waals surface area contributed by atoms with Gasteiger partial charge in [0.05, 0.1) is 5.54 Å². The number of likely N-dealkylation sites (tertiary alicyclic amines) is 1. The smallest absolute Gasteiger partial charge is 0.123 e. The lowest BCUT2D eigenvalue weighted by molar-refractivity contribution is 0.293. The molecule has 0 radical (unpaired) electrons. The summed E-state index contributed by atoms with van der Waals surface area (Å²) >= 11 is 0. The first-order valence-corrected chi connectivity index (χ1v) is 7.14. The molecule has 1 unspecified atom stereocenters. The van der Waals surface area contributed by atoms with Crippen LogP contribution < -0.4 is 11.1 Å². The van der Waals surface area contributed by atoms with E-state index >= 15 is 0 Å². The Balaban J connectivity index is 2.07. The third-order valence-corrected chi connectivity index (χ3v) is 4.13. The molecule has 1 aromatic rings. The van der Waals surface area contributed by atoms with Crippen molar-refractivity contribution in [1.82, 2.24) is 4.90 Å². The molecule has 0 bridgehead atoms. The Morgan fingerprint density at radius 1 is 1.26 bits per heavy atom. The summed E-state index contributed by atoms with van der Waals surface area (Å²) in [6, 6.07) is 6.55. The van der Waals surface area contributed by atoms with Crippen LogP contribution in [0.5, 0.6) is 0 Å². The highest BCUT2D eigenvalue weighted by Gasteiger charge is 2.30. The third-order valence-electron chi connectivity index (χ3n) is 4.13. The standard InChI is InChI=1S/C15H24FN3/c1-2-19-10-3-8-15(12-17,9-11-19)18-14-6-4-13(16)5-7-14/h4-7,18H,2-3,8-12,17H2,1H3. The first-order valence-electron chi connectivity index (χ1n) is 7.14. The molecule has 0 saturated carbocycles. The number of hydrogen-bond acceptors (Lipinski definition) is 3. The van der Waals surface area contributed by atoms with Gasteiger partial charge < -0.3 is 16.0 Å². The summed E-state index contributed by atoms with van der Waals surface area (Å²) in [5.41, 5.74) is 6.92. The van der Waals surface area contributed by atoms with E-state index in [9.17, 15) is 4.39 Å². The van der Waals surface area contributed by atoms with E-state index in [1.165, 1.54) is 12.1 Å². The third kappa shape index (κ3) is 3.67. The maximum absolute atomic E-state index is 12.9. The zero-order valence-corrected chi connectivity index (χ0v) is 11.7. The maximum Gasteiger partial charge on any atom is 0.123 e. The molecule has 0 aromatic heterocycles. The molecule has 1 heterocycles. The Hall–Kier alpha value is -1.13. The minimum atomic E-state index is -0.203. The number of halogens is 1. The van der Waals surface area contributed by atoms with Crippen molar-refractivity contribution >= 4 is 5.69 Å². The summed E-state index contributed by atoms with van der Waals surface area (Å²) < 4.78 is 12.9. The molecule has 4 heteroatoms. The highest BCUT2D eigenvalue weighted by atomic mass is 19.1. The van der Waals surface area contributed by atoms with Gasteiger partial charge in [0.1, 0.15) is 5.82 Å². The molecule has 1 atom stereocenters. The largest absolute Gasteiger partial charge is 0.378 e. The van der Waals surface area contributed by atoms with Crippen molar-refractivity contribution in [2.45, 2.75) is 31.7 Å². The molecule has 0 spiro atoms. The van der Waals surface area contributed by atoms with Gasteiger partial charge in [-0.3, -0.25) is 0 Å². The molecule has 3 N–H and O–H groups in total. The number of nitrogens with two attached hydrogens (primary N) is 1. The minimum absolute atomic E-state index is 0.0538. The quantitative estimate of drug-likeness (QED) is 0.878. The van der Waals surface area contributed by atoms with Gasteiger partial charge in [0, 0.05) is 18.8 Å². The lowest BCUT2D eigenvalue weighted by Crippen LogP contribution is -2.46. The minimum Gasteiger partial charge on any atom is -0.378 e. The number of hydrogen-bond donors (Lipinski definition) is 2. The Bertz CT molecular complexity index is 393. The van der Waals surface area contributed by atoms with Gasteiger partial charge in [0.2, 0.25) is 0 Å². The Morgan fingerprint density at radius 3 is 2.63 bits per heavy atom. The van der Waals surface area contributed by atoms with Gasteiger partial charge >= 0.3 is 0 Å². The molecule has 3 nitrogen and oxygen atoms in total. The summed E-state index contributed by atoms with van der Waals surface area (Å²) in [5, 5.41) is 3.54. The summed E-state index contributed by atoms with van der Waals surface area (Å²) in [6.07, 6.45) is 3.26. The summed E-state index contributed by atoms with van der Waals surface area (Å²) in [5.74, 6) is -0.203. The van der Waals surface area contributed by atoms with Crippen LogP contribution in [-0.4, -0.2) is 36.6 Å². The van der Waals surface area contributed by atoms with Crippen LogP contribution in [0, 0.1) is 5.82 Å². The van der Waals surface area contributed by atoms with Crippen LogP contribution in [0.25, 0.3) is 0 Å². The molecule has 1 aliphatic heterocycles. The molecule has 1 aliphatic rings. The van der Waals surface area contributed by atoms with E-state index in [1.54, 1.807) is 12.1 Å². The first-order chi connectivity index (χ1) is 9.17. The van der Waals surface area contributed by atoms with Gasteiger partial charge in [-0.05, 0) is 56.6 Å². The lowest BCUT2D eigenvalue weighted by Gasteiger charge is -2.34. The molecule has 1 aromatic carbocycles. The molecular weight excluding hydrogens is 241 g/mol. The Kier molecular flexibility index (Phi) is 4.77. The molecular formula is C15H24FN3. The number of nitrogens with zero attached hydrogens (tertiary/aromatic N) is 1. The van der Waals surface area contributed by atoms with Gasteiger partial charge in [-0.1, -0.05) is 6.92 Å². The molecule has 1 fully saturated rings. The van der Waals surface area contributed by atoms with Crippen molar-refractivity contribution in [1.29, 1.82) is 0 Å². The first kappa shape index (κ1) is 14.3. The predicted molar refractivity (Wildman–Crippen MR) is 77.8 cm³/mol. The second kappa shape index (κ2) is 6.35. The molecule has 0 aliphatic carbocycles. The molecule has 1 saturated heterocycles. The van der Waals surface area contributed by atoms with Gasteiger partial charge in [0.25, 0.3) is 0 Å². The summed E-state index contributed by atoms with van der Waals surface area (Å²) in [7, 11) is 0. The fraction of sp³-hybridized carbons (Fsp3) is 0.600. The van der Waals surface area contributed by atoms with Crippen LogP contribution in [-0.2, 0) is 0 Å². The van der Waals surface area contributed by atoms with E-state index in [0.29, 0.717) is 6.54 Å². The Labute approximate surface area is 115 Å². The van der Waals surface area contributed by atoms with E-state index in [4.69, 9.17) is 5.73 Å². The number of nitrogens with one attached hydrogen (secondary N) is 1. The van der Waals surface area contributed by atoms with E-state index in [2.05, 4.69) is 17.1 Å². The zero-order chi connectivity index (χ0) is 13.7. The van der Waals surface area contributed by atoms with Crippen LogP contribution in [0.4, 0.5) is 10.1 Å². The average Bonchev–Trinajstić information content (AvgIpc) is 2.64. The fourth-order valence-corrected chi connectivity index (χ4v) is 2.79. The predicted octanol–water partition coefficient (Wildman–Crippen LogP) is 2.44. The van der Waals surface area contributed by atoms with Crippen LogP contribution >= 0.6 is 0 Å². The van der Waals surface area contributed by atoms with Gasteiger partial charge in [-0.15, -0.1) is 0 Å². The van der Waals surface area contributed by atoms with Crippen molar-refractivity contribution in [2.75, 3.05) is 31.5 Å². The number of benzene rings is 1. The normalized spacial score (nSPS) is 25.0. The van der Waals surface area contributed by atoms with Crippen LogP contribution in [0.3, 0.4) is 0 Å². The van der Waals surface area contributed by atoms with Gasteiger partial charge in [-0.25, -0.2) is 4.39 Å². The monoisotopic (exact) mass is 265 g/mol.